The molecule has 2 fully saturated rings. The number of ether oxygens (including phenoxy) is 1. The summed E-state index contributed by atoms with van der Waals surface area (Å²) < 4.78 is 5.68. The Morgan fingerprint density at radius 3 is 2.30 bits per heavy atom. The normalized spacial score (nSPS) is 18.2. The number of carbonyl (C=O) groups excluding carboxylic acids is 2. The van der Waals surface area contributed by atoms with E-state index in [1.54, 1.807) is 7.05 Å². The number of guanidine groups is 1. The first-order valence-corrected chi connectivity index (χ1v) is 11.5. The predicted molar refractivity (Wildman–Crippen MR) is 120 cm³/mol. The molecule has 0 aromatic heterocycles. The first-order valence-electron chi connectivity index (χ1n) is 11.5. The minimum absolute atomic E-state index is 0.0617. The van der Waals surface area contributed by atoms with Crippen molar-refractivity contribution in [2.24, 2.45) is 10.9 Å². The monoisotopic (exact) mass is 423 g/mol. The van der Waals surface area contributed by atoms with Crippen molar-refractivity contribution in [1.29, 1.82) is 0 Å². The molecule has 0 aromatic rings. The van der Waals surface area contributed by atoms with Crippen molar-refractivity contribution in [1.82, 2.24) is 20.4 Å². The molecule has 8 nitrogen and oxygen atoms in total. The fourth-order valence-corrected chi connectivity index (χ4v) is 3.63. The van der Waals surface area contributed by atoms with Crippen molar-refractivity contribution >= 4 is 18.0 Å². The zero-order valence-corrected chi connectivity index (χ0v) is 19.5. The van der Waals surface area contributed by atoms with E-state index >= 15 is 0 Å². The lowest BCUT2D eigenvalue weighted by Crippen LogP contribution is -2.52. The van der Waals surface area contributed by atoms with Gasteiger partial charge in [0.05, 0.1) is 0 Å². The molecule has 1 saturated heterocycles. The number of hydrogen-bond acceptors (Lipinski definition) is 4. The average Bonchev–Trinajstić information content (AvgIpc) is 3.51. The summed E-state index contributed by atoms with van der Waals surface area (Å²) in [6.45, 7) is 11.5. The molecule has 2 amide bonds. The molecule has 0 bridgehead atoms. The van der Waals surface area contributed by atoms with E-state index in [0.29, 0.717) is 18.9 Å². The Hall–Kier alpha value is -1.99. The molecule has 1 saturated carbocycles. The number of likely N-dealkylation sites (tertiary alicyclic amines) is 1. The van der Waals surface area contributed by atoms with Gasteiger partial charge in [-0.2, -0.15) is 0 Å². The molecular formula is C22H41N5O3. The number of aliphatic imine (C=N–C) groups is 1. The smallest absolute Gasteiger partial charge is 0.410 e. The SMILES string of the molecule is CCCNC(=O)CCNC(=NC)N1CCC(N(CC2CC2)C(=O)OC(C)(C)C)CC1. The number of nitrogens with one attached hydrogen (secondary N) is 2. The van der Waals surface area contributed by atoms with Gasteiger partial charge in [0.15, 0.2) is 5.96 Å². The second-order valence-electron chi connectivity index (χ2n) is 9.37. The van der Waals surface area contributed by atoms with E-state index in [2.05, 4.69) is 20.5 Å². The van der Waals surface area contributed by atoms with Crippen LogP contribution in [0.1, 0.15) is 66.2 Å². The van der Waals surface area contributed by atoms with Crippen molar-refractivity contribution in [3.05, 3.63) is 0 Å². The van der Waals surface area contributed by atoms with Crippen LogP contribution in [0.15, 0.2) is 4.99 Å². The Morgan fingerprint density at radius 2 is 1.77 bits per heavy atom. The van der Waals surface area contributed by atoms with Crippen LogP contribution in [0.5, 0.6) is 0 Å². The van der Waals surface area contributed by atoms with Crippen LogP contribution < -0.4 is 10.6 Å². The van der Waals surface area contributed by atoms with E-state index in [0.717, 1.165) is 51.4 Å². The quantitative estimate of drug-likeness (QED) is 0.463. The minimum atomic E-state index is -0.477. The van der Waals surface area contributed by atoms with Crippen LogP contribution in [0.3, 0.4) is 0 Å². The highest BCUT2D eigenvalue weighted by atomic mass is 16.6. The molecule has 1 aliphatic carbocycles. The minimum Gasteiger partial charge on any atom is -0.444 e. The van der Waals surface area contributed by atoms with Crippen LogP contribution in [-0.4, -0.2) is 79.2 Å². The Morgan fingerprint density at radius 1 is 1.10 bits per heavy atom. The fraction of sp³-hybridized carbons (Fsp3) is 0.864. The van der Waals surface area contributed by atoms with E-state index < -0.39 is 5.60 Å². The third kappa shape index (κ3) is 8.40. The maximum atomic E-state index is 12.8. The van der Waals surface area contributed by atoms with E-state index in [-0.39, 0.29) is 18.0 Å². The Kier molecular flexibility index (Phi) is 9.24. The van der Waals surface area contributed by atoms with E-state index in [4.69, 9.17) is 4.74 Å². The van der Waals surface area contributed by atoms with E-state index in [1.165, 1.54) is 12.8 Å². The Bertz CT molecular complexity index is 590. The van der Waals surface area contributed by atoms with Crippen LogP contribution >= 0.6 is 0 Å². The third-order valence-corrected chi connectivity index (χ3v) is 5.40. The molecule has 2 rings (SSSR count). The largest absolute Gasteiger partial charge is 0.444 e. The van der Waals surface area contributed by atoms with Gasteiger partial charge in [-0.15, -0.1) is 0 Å². The Labute approximate surface area is 181 Å². The predicted octanol–water partition coefficient (Wildman–Crippen LogP) is 2.59. The third-order valence-electron chi connectivity index (χ3n) is 5.40. The summed E-state index contributed by atoms with van der Waals surface area (Å²) in [6.07, 6.45) is 5.39. The number of nitrogens with zero attached hydrogens (tertiary/aromatic N) is 3. The number of rotatable bonds is 8. The lowest BCUT2D eigenvalue weighted by Gasteiger charge is -2.40. The van der Waals surface area contributed by atoms with Gasteiger partial charge in [-0.25, -0.2) is 4.79 Å². The van der Waals surface area contributed by atoms with Crippen molar-refractivity contribution in [3.8, 4) is 0 Å². The molecule has 8 heteroatoms. The lowest BCUT2D eigenvalue weighted by atomic mass is 10.0. The van der Waals surface area contributed by atoms with E-state index in [9.17, 15) is 9.59 Å². The maximum absolute atomic E-state index is 12.8. The van der Waals surface area contributed by atoms with Crippen LogP contribution in [-0.2, 0) is 9.53 Å². The Balaban J connectivity index is 1.83. The number of carbonyl (C=O) groups is 2. The summed E-state index contributed by atoms with van der Waals surface area (Å²) in [6, 6.07) is 0.203. The zero-order valence-electron chi connectivity index (χ0n) is 19.5. The summed E-state index contributed by atoms with van der Waals surface area (Å²) in [5.74, 6) is 1.51. The van der Waals surface area contributed by atoms with Gasteiger partial charge in [-0.1, -0.05) is 6.92 Å². The highest BCUT2D eigenvalue weighted by Gasteiger charge is 2.35. The fourth-order valence-electron chi connectivity index (χ4n) is 3.63. The number of amides is 2. The van der Waals surface area contributed by atoms with Crippen molar-refractivity contribution in [2.45, 2.75) is 77.9 Å². The molecule has 0 atom stereocenters. The molecule has 2 N–H and O–H groups in total. The molecule has 1 heterocycles. The highest BCUT2D eigenvalue weighted by molar-refractivity contribution is 5.81. The molecule has 2 aliphatic rings. The van der Waals surface area contributed by atoms with E-state index in [1.807, 2.05) is 32.6 Å². The summed E-state index contributed by atoms with van der Waals surface area (Å²) in [4.78, 5) is 33.1. The summed E-state index contributed by atoms with van der Waals surface area (Å²) in [5.41, 5.74) is -0.477. The van der Waals surface area contributed by atoms with Gasteiger partial charge in [0.1, 0.15) is 5.60 Å². The topological polar surface area (TPSA) is 86.3 Å². The van der Waals surface area contributed by atoms with Gasteiger partial charge in [-0.05, 0) is 58.8 Å². The second-order valence-corrected chi connectivity index (χ2v) is 9.37. The van der Waals surface area contributed by atoms with Gasteiger partial charge in [0, 0.05) is 52.2 Å². The summed E-state index contributed by atoms with van der Waals surface area (Å²) >= 11 is 0. The molecule has 0 spiro atoms. The number of piperidine rings is 1. The molecule has 0 aromatic carbocycles. The molecule has 30 heavy (non-hydrogen) atoms. The first-order chi connectivity index (χ1) is 14.2. The van der Waals surface area contributed by atoms with Crippen LogP contribution in [0.4, 0.5) is 4.79 Å². The summed E-state index contributed by atoms with van der Waals surface area (Å²) in [5, 5.41) is 6.18. The molecule has 1 aliphatic heterocycles. The van der Waals surface area contributed by atoms with Crippen molar-refractivity contribution < 1.29 is 14.3 Å². The van der Waals surface area contributed by atoms with Gasteiger partial charge in [0.2, 0.25) is 5.91 Å². The van der Waals surface area contributed by atoms with Gasteiger partial charge >= 0.3 is 6.09 Å². The molecule has 172 valence electrons. The van der Waals surface area contributed by atoms with Gasteiger partial charge < -0.3 is 25.2 Å². The van der Waals surface area contributed by atoms with Crippen molar-refractivity contribution in [2.75, 3.05) is 39.8 Å². The van der Waals surface area contributed by atoms with Gasteiger partial charge in [0.25, 0.3) is 0 Å². The summed E-state index contributed by atoms with van der Waals surface area (Å²) in [7, 11) is 1.77. The van der Waals surface area contributed by atoms with Crippen LogP contribution in [0, 0.1) is 5.92 Å². The molecule has 0 radical (unpaired) electrons. The number of hydrogen-bond donors (Lipinski definition) is 2. The lowest BCUT2D eigenvalue weighted by molar-refractivity contribution is -0.120. The van der Waals surface area contributed by atoms with Gasteiger partial charge in [-0.3, -0.25) is 9.79 Å². The first kappa shape index (κ1) is 24.3. The second kappa shape index (κ2) is 11.4. The zero-order chi connectivity index (χ0) is 22.1. The standard InChI is InChI=1S/C22H41N5O3/c1-6-12-24-19(28)9-13-25-20(23-5)26-14-10-18(11-15-26)27(16-17-7-8-17)21(29)30-22(2,3)4/h17-18H,6-16H2,1-5H3,(H,23,25)(H,24,28). The molecular weight excluding hydrogens is 382 g/mol. The maximum Gasteiger partial charge on any atom is 0.410 e. The van der Waals surface area contributed by atoms with Crippen LogP contribution in [0.25, 0.3) is 0 Å². The van der Waals surface area contributed by atoms with Crippen LogP contribution in [0.2, 0.25) is 0 Å². The highest BCUT2D eigenvalue weighted by Crippen LogP contribution is 2.32. The molecule has 0 unspecified atom stereocenters. The average molecular weight is 424 g/mol. The van der Waals surface area contributed by atoms with Crippen molar-refractivity contribution in [3.63, 3.8) is 0 Å².